The third kappa shape index (κ3) is 3.73. The predicted octanol–water partition coefficient (Wildman–Crippen LogP) is 1.36. The second-order valence-electron chi connectivity index (χ2n) is 3.92. The number of halogens is 2. The van der Waals surface area contributed by atoms with Crippen LogP contribution in [0.1, 0.15) is 18.8 Å². The van der Waals surface area contributed by atoms with E-state index in [-0.39, 0.29) is 12.4 Å². The number of amides is 1. The lowest BCUT2D eigenvalue weighted by molar-refractivity contribution is -0.123. The number of hydrogen-bond acceptors (Lipinski definition) is 5. The first-order chi connectivity index (χ1) is 9.56. The summed E-state index contributed by atoms with van der Waals surface area (Å²) in [7, 11) is 0. The van der Waals surface area contributed by atoms with Crippen LogP contribution in [0, 0.1) is 5.82 Å². The van der Waals surface area contributed by atoms with E-state index in [9.17, 15) is 9.18 Å². The van der Waals surface area contributed by atoms with Crippen LogP contribution in [-0.4, -0.2) is 33.1 Å². The average Bonchev–Trinajstić information content (AvgIpc) is 2.91. The molecule has 1 aromatic carbocycles. The quantitative estimate of drug-likeness (QED) is 0.854. The number of tetrazole rings is 1. The summed E-state index contributed by atoms with van der Waals surface area (Å²) < 4.78 is 19.2. The molecular formula is C11H11BrFN5O2. The lowest BCUT2D eigenvalue weighted by atomic mass is 10.3. The third-order valence-corrected chi connectivity index (χ3v) is 2.87. The molecule has 1 atom stereocenters. The summed E-state index contributed by atoms with van der Waals surface area (Å²) >= 11 is 3.13. The molecule has 2 aromatic rings. The fourth-order valence-corrected chi connectivity index (χ4v) is 1.77. The molecule has 7 nitrogen and oxygen atoms in total. The smallest absolute Gasteiger partial charge is 0.258 e. The first-order valence-electron chi connectivity index (χ1n) is 5.67. The van der Waals surface area contributed by atoms with Gasteiger partial charge < -0.3 is 10.1 Å². The van der Waals surface area contributed by atoms with Gasteiger partial charge in [0.2, 0.25) is 0 Å². The first kappa shape index (κ1) is 14.4. The van der Waals surface area contributed by atoms with Crippen LogP contribution < -0.4 is 10.1 Å². The molecule has 20 heavy (non-hydrogen) atoms. The molecule has 0 aliphatic heterocycles. The Morgan fingerprint density at radius 2 is 2.40 bits per heavy atom. The fourth-order valence-electron chi connectivity index (χ4n) is 1.44. The normalized spacial score (nSPS) is 11.9. The lowest BCUT2D eigenvalue weighted by Crippen LogP contribution is -2.31. The van der Waals surface area contributed by atoms with E-state index in [4.69, 9.17) is 4.74 Å². The van der Waals surface area contributed by atoms with Crippen molar-refractivity contribution in [3.8, 4) is 5.75 Å². The highest BCUT2D eigenvalue weighted by Gasteiger charge is 2.14. The number of nitrogens with one attached hydrogen (secondary N) is 2. The number of ether oxygens (including phenoxy) is 1. The number of rotatable bonds is 5. The van der Waals surface area contributed by atoms with Crippen LogP contribution in [0.25, 0.3) is 0 Å². The third-order valence-electron chi connectivity index (χ3n) is 2.38. The number of nitrogens with zero attached hydrogens (tertiary/aromatic N) is 3. The number of aromatic amines is 1. The zero-order valence-electron chi connectivity index (χ0n) is 10.4. The summed E-state index contributed by atoms with van der Waals surface area (Å²) in [5, 5.41) is 15.8. The summed E-state index contributed by atoms with van der Waals surface area (Å²) in [4.78, 5) is 11.6. The fraction of sp³-hybridized carbons (Fsp3) is 0.273. The van der Waals surface area contributed by atoms with Gasteiger partial charge in [0.05, 0.1) is 6.04 Å². The average molecular weight is 344 g/mol. The Kier molecular flexibility index (Phi) is 4.61. The number of aromatic nitrogens is 4. The van der Waals surface area contributed by atoms with Crippen LogP contribution in [0.2, 0.25) is 0 Å². The van der Waals surface area contributed by atoms with Crippen molar-refractivity contribution >= 4 is 21.8 Å². The Hall–Kier alpha value is -2.03. The molecule has 0 aliphatic rings. The summed E-state index contributed by atoms with van der Waals surface area (Å²) in [6.07, 6.45) is 0. The van der Waals surface area contributed by atoms with Gasteiger partial charge in [-0.3, -0.25) is 4.79 Å². The summed E-state index contributed by atoms with van der Waals surface area (Å²) in [5.74, 6) is -0.591. The minimum Gasteiger partial charge on any atom is -0.481 e. The zero-order chi connectivity index (χ0) is 14.5. The van der Waals surface area contributed by atoms with Gasteiger partial charge in [0.25, 0.3) is 5.91 Å². The maximum absolute atomic E-state index is 13.5. The van der Waals surface area contributed by atoms with Crippen molar-refractivity contribution in [2.24, 2.45) is 0 Å². The monoisotopic (exact) mass is 343 g/mol. The van der Waals surface area contributed by atoms with Gasteiger partial charge >= 0.3 is 0 Å². The summed E-state index contributed by atoms with van der Waals surface area (Å²) in [6, 6.07) is 3.91. The molecular weight excluding hydrogens is 333 g/mol. The molecule has 0 bridgehead atoms. The topological polar surface area (TPSA) is 92.8 Å². The van der Waals surface area contributed by atoms with E-state index in [1.165, 1.54) is 12.1 Å². The predicted molar refractivity (Wildman–Crippen MR) is 70.3 cm³/mol. The van der Waals surface area contributed by atoms with E-state index >= 15 is 0 Å². The number of carbonyl (C=O) groups is 1. The molecule has 0 spiro atoms. The van der Waals surface area contributed by atoms with E-state index in [2.05, 4.69) is 41.9 Å². The van der Waals surface area contributed by atoms with E-state index in [0.717, 1.165) is 0 Å². The number of H-pyrrole nitrogens is 1. The van der Waals surface area contributed by atoms with Crippen LogP contribution in [0.4, 0.5) is 4.39 Å². The van der Waals surface area contributed by atoms with Gasteiger partial charge in [0.15, 0.2) is 24.0 Å². The summed E-state index contributed by atoms with van der Waals surface area (Å²) in [6.45, 7) is 1.39. The molecule has 2 rings (SSSR count). The van der Waals surface area contributed by atoms with E-state index in [0.29, 0.717) is 10.3 Å². The van der Waals surface area contributed by atoms with Crippen LogP contribution in [-0.2, 0) is 4.79 Å². The molecule has 0 radical (unpaired) electrons. The molecule has 2 N–H and O–H groups in total. The Morgan fingerprint density at radius 3 is 3.05 bits per heavy atom. The van der Waals surface area contributed by atoms with Crippen molar-refractivity contribution in [3.05, 3.63) is 34.3 Å². The Morgan fingerprint density at radius 1 is 1.60 bits per heavy atom. The van der Waals surface area contributed by atoms with Crippen LogP contribution >= 0.6 is 15.9 Å². The van der Waals surface area contributed by atoms with Gasteiger partial charge in [-0.1, -0.05) is 21.1 Å². The molecule has 0 fully saturated rings. The lowest BCUT2D eigenvalue weighted by Gasteiger charge is -2.11. The molecule has 1 amide bonds. The number of hydrogen-bond donors (Lipinski definition) is 2. The molecule has 1 heterocycles. The summed E-state index contributed by atoms with van der Waals surface area (Å²) in [5.41, 5.74) is 0. The largest absolute Gasteiger partial charge is 0.481 e. The van der Waals surface area contributed by atoms with Crippen molar-refractivity contribution in [1.29, 1.82) is 0 Å². The maximum atomic E-state index is 13.5. The Labute approximate surface area is 122 Å². The molecule has 1 aromatic heterocycles. The van der Waals surface area contributed by atoms with E-state index in [1.54, 1.807) is 13.0 Å². The molecule has 0 saturated carbocycles. The van der Waals surface area contributed by atoms with Crippen molar-refractivity contribution < 1.29 is 13.9 Å². The van der Waals surface area contributed by atoms with Crippen molar-refractivity contribution in [3.63, 3.8) is 0 Å². The second kappa shape index (κ2) is 6.42. The van der Waals surface area contributed by atoms with E-state index in [1.807, 2.05) is 0 Å². The van der Waals surface area contributed by atoms with Crippen LogP contribution in [0.5, 0.6) is 5.75 Å². The van der Waals surface area contributed by atoms with Gasteiger partial charge in [-0.05, 0) is 25.1 Å². The Balaban J connectivity index is 1.86. The van der Waals surface area contributed by atoms with Gasteiger partial charge in [-0.2, -0.15) is 5.21 Å². The van der Waals surface area contributed by atoms with Crippen molar-refractivity contribution in [2.75, 3.05) is 6.61 Å². The molecule has 9 heteroatoms. The van der Waals surface area contributed by atoms with Crippen LogP contribution in [0.15, 0.2) is 22.7 Å². The Bertz CT molecular complexity index is 593. The number of benzene rings is 1. The molecule has 106 valence electrons. The highest BCUT2D eigenvalue weighted by Crippen LogP contribution is 2.21. The van der Waals surface area contributed by atoms with Gasteiger partial charge in [-0.15, -0.1) is 10.2 Å². The minimum atomic E-state index is -0.543. The van der Waals surface area contributed by atoms with Gasteiger partial charge in [-0.25, -0.2) is 4.39 Å². The molecule has 1 unspecified atom stereocenters. The van der Waals surface area contributed by atoms with Gasteiger partial charge in [0, 0.05) is 4.47 Å². The van der Waals surface area contributed by atoms with Gasteiger partial charge in [0.1, 0.15) is 0 Å². The highest BCUT2D eigenvalue weighted by atomic mass is 79.9. The SMILES string of the molecule is CC(NC(=O)COc1ccc(Br)cc1F)c1nn[nH]n1. The van der Waals surface area contributed by atoms with Crippen LogP contribution in [0.3, 0.4) is 0 Å². The van der Waals surface area contributed by atoms with Crippen molar-refractivity contribution in [2.45, 2.75) is 13.0 Å². The van der Waals surface area contributed by atoms with E-state index < -0.39 is 17.8 Å². The molecule has 0 saturated heterocycles. The highest BCUT2D eigenvalue weighted by molar-refractivity contribution is 9.10. The maximum Gasteiger partial charge on any atom is 0.258 e. The standard InChI is InChI=1S/C11H11BrFN5O2/c1-6(11-15-17-18-16-11)14-10(19)5-20-9-3-2-7(12)4-8(9)13/h2-4,6H,5H2,1H3,(H,14,19)(H,15,16,17,18). The second-order valence-corrected chi connectivity index (χ2v) is 4.84. The first-order valence-corrected chi connectivity index (χ1v) is 6.46. The van der Waals surface area contributed by atoms with Crippen molar-refractivity contribution in [1.82, 2.24) is 25.9 Å². The minimum absolute atomic E-state index is 0.00978. The number of carbonyl (C=O) groups excluding carboxylic acids is 1. The molecule has 0 aliphatic carbocycles. The zero-order valence-corrected chi connectivity index (χ0v) is 12.0.